The molecule has 2 aromatic rings. The summed E-state index contributed by atoms with van der Waals surface area (Å²) in [7, 11) is 0. The van der Waals surface area contributed by atoms with Crippen LogP contribution >= 0.6 is 0 Å². The van der Waals surface area contributed by atoms with E-state index in [1.54, 1.807) is 17.0 Å². The van der Waals surface area contributed by atoms with Gasteiger partial charge in [0.1, 0.15) is 6.61 Å². The maximum absolute atomic E-state index is 12.1. The van der Waals surface area contributed by atoms with Crippen molar-refractivity contribution in [3.63, 3.8) is 0 Å². The van der Waals surface area contributed by atoms with E-state index in [4.69, 9.17) is 4.74 Å². The average molecular weight is 353 g/mol. The van der Waals surface area contributed by atoms with Gasteiger partial charge in [-0.25, -0.2) is 10.2 Å². The molecule has 0 unspecified atom stereocenters. The first-order valence-corrected chi connectivity index (χ1v) is 8.79. The minimum atomic E-state index is -0.291. The molecule has 6 nitrogen and oxygen atoms in total. The van der Waals surface area contributed by atoms with Gasteiger partial charge in [0.05, 0.1) is 0 Å². The van der Waals surface area contributed by atoms with Crippen LogP contribution in [0.1, 0.15) is 28.8 Å². The highest BCUT2D eigenvalue weighted by Crippen LogP contribution is 2.12. The van der Waals surface area contributed by atoms with E-state index in [2.05, 4.69) is 10.9 Å². The molecular formula is C20H23N3O3. The second kappa shape index (κ2) is 9.01. The van der Waals surface area contributed by atoms with Crippen LogP contribution in [0.4, 0.5) is 4.79 Å². The summed E-state index contributed by atoms with van der Waals surface area (Å²) in [5.41, 5.74) is 7.38. The van der Waals surface area contributed by atoms with Gasteiger partial charge in [0.15, 0.2) is 0 Å². The second-order valence-corrected chi connectivity index (χ2v) is 6.27. The molecule has 0 radical (unpaired) electrons. The van der Waals surface area contributed by atoms with Crippen LogP contribution in [0, 0.1) is 0 Å². The fraction of sp³-hybridized carbons (Fsp3) is 0.300. The predicted octanol–water partition coefficient (Wildman–Crippen LogP) is 2.72. The van der Waals surface area contributed by atoms with E-state index in [1.165, 1.54) is 0 Å². The van der Waals surface area contributed by atoms with Gasteiger partial charge in [0.2, 0.25) is 0 Å². The molecule has 1 aliphatic rings. The van der Waals surface area contributed by atoms with E-state index in [-0.39, 0.29) is 24.6 Å². The molecule has 2 N–H and O–H groups in total. The highest BCUT2D eigenvalue weighted by Gasteiger charge is 2.24. The summed E-state index contributed by atoms with van der Waals surface area (Å²) in [4.78, 5) is 25.9. The number of hydrazine groups is 1. The molecule has 136 valence electrons. The van der Waals surface area contributed by atoms with Crippen molar-refractivity contribution in [1.82, 2.24) is 15.8 Å². The molecule has 2 amide bonds. The predicted molar refractivity (Wildman–Crippen MR) is 98.3 cm³/mol. The van der Waals surface area contributed by atoms with Crippen LogP contribution in [-0.4, -0.2) is 36.0 Å². The van der Waals surface area contributed by atoms with E-state index in [0.29, 0.717) is 18.7 Å². The summed E-state index contributed by atoms with van der Waals surface area (Å²) in [6, 6.07) is 18.8. The Morgan fingerprint density at radius 1 is 0.962 bits per heavy atom. The maximum Gasteiger partial charge on any atom is 0.410 e. The number of nitrogens with zero attached hydrogens (tertiary/aromatic N) is 1. The van der Waals surface area contributed by atoms with Gasteiger partial charge >= 0.3 is 6.09 Å². The van der Waals surface area contributed by atoms with Gasteiger partial charge in [-0.15, -0.1) is 0 Å². The molecule has 3 rings (SSSR count). The van der Waals surface area contributed by atoms with E-state index in [9.17, 15) is 9.59 Å². The van der Waals surface area contributed by atoms with Crippen LogP contribution in [0.2, 0.25) is 0 Å². The maximum atomic E-state index is 12.1. The normalized spacial score (nSPS) is 14.7. The number of rotatable bonds is 5. The molecule has 1 aliphatic heterocycles. The van der Waals surface area contributed by atoms with Gasteiger partial charge < -0.3 is 9.64 Å². The lowest BCUT2D eigenvalue weighted by molar-refractivity contribution is 0.0806. The minimum Gasteiger partial charge on any atom is -0.445 e. The largest absolute Gasteiger partial charge is 0.445 e. The van der Waals surface area contributed by atoms with E-state index in [1.807, 2.05) is 48.5 Å². The fourth-order valence-corrected chi connectivity index (χ4v) is 2.85. The molecule has 0 aromatic heterocycles. The fourth-order valence-electron chi connectivity index (χ4n) is 2.85. The number of hydrogen-bond acceptors (Lipinski definition) is 4. The number of carbonyl (C=O) groups is 2. The molecular weight excluding hydrogens is 330 g/mol. The SMILES string of the molecule is O=C(NNC1CCN(C(=O)OCc2ccccc2)CC1)c1ccccc1. The lowest BCUT2D eigenvalue weighted by Gasteiger charge is -2.31. The number of piperidine rings is 1. The average Bonchev–Trinajstić information content (AvgIpc) is 2.72. The lowest BCUT2D eigenvalue weighted by atomic mass is 10.1. The molecule has 0 atom stereocenters. The Bertz CT molecular complexity index is 714. The number of likely N-dealkylation sites (tertiary alicyclic amines) is 1. The van der Waals surface area contributed by atoms with Gasteiger partial charge in [-0.1, -0.05) is 48.5 Å². The van der Waals surface area contributed by atoms with E-state index in [0.717, 1.165) is 18.4 Å². The van der Waals surface area contributed by atoms with Crippen LogP contribution < -0.4 is 10.9 Å². The zero-order valence-electron chi connectivity index (χ0n) is 14.6. The monoisotopic (exact) mass is 353 g/mol. The first kappa shape index (κ1) is 17.9. The zero-order valence-corrected chi connectivity index (χ0v) is 14.6. The summed E-state index contributed by atoms with van der Waals surface area (Å²) >= 11 is 0. The zero-order chi connectivity index (χ0) is 18.2. The van der Waals surface area contributed by atoms with Crippen LogP contribution in [0.25, 0.3) is 0 Å². The van der Waals surface area contributed by atoms with Gasteiger partial charge in [-0.05, 0) is 30.5 Å². The Labute approximate surface area is 153 Å². The van der Waals surface area contributed by atoms with Crippen molar-refractivity contribution >= 4 is 12.0 Å². The van der Waals surface area contributed by atoms with Gasteiger partial charge in [-0.3, -0.25) is 10.2 Å². The quantitative estimate of drug-likeness (QED) is 0.811. The first-order chi connectivity index (χ1) is 12.7. The molecule has 0 spiro atoms. The minimum absolute atomic E-state index is 0.140. The number of carbonyl (C=O) groups excluding carboxylic acids is 2. The smallest absolute Gasteiger partial charge is 0.410 e. The standard InChI is InChI=1S/C20H23N3O3/c24-19(17-9-5-2-6-10-17)22-21-18-11-13-23(14-12-18)20(25)26-15-16-7-3-1-4-8-16/h1-10,18,21H,11-15H2,(H,22,24). The summed E-state index contributed by atoms with van der Waals surface area (Å²) in [5, 5.41) is 0. The van der Waals surface area contributed by atoms with Crippen molar-refractivity contribution in [2.24, 2.45) is 0 Å². The molecule has 6 heteroatoms. The summed E-state index contributed by atoms with van der Waals surface area (Å²) in [6.45, 7) is 1.49. The molecule has 1 fully saturated rings. The number of hydrogen-bond donors (Lipinski definition) is 2. The Kier molecular flexibility index (Phi) is 6.22. The summed E-state index contributed by atoms with van der Waals surface area (Å²) in [5.74, 6) is -0.157. The van der Waals surface area contributed by atoms with Crippen molar-refractivity contribution in [2.45, 2.75) is 25.5 Å². The number of amides is 2. The Hall–Kier alpha value is -2.86. The topological polar surface area (TPSA) is 70.7 Å². The summed E-state index contributed by atoms with van der Waals surface area (Å²) < 4.78 is 5.36. The molecule has 1 heterocycles. The Morgan fingerprint density at radius 3 is 2.23 bits per heavy atom. The van der Waals surface area contributed by atoms with Crippen molar-refractivity contribution in [3.8, 4) is 0 Å². The highest BCUT2D eigenvalue weighted by atomic mass is 16.6. The Balaban J connectivity index is 1.37. The molecule has 0 bridgehead atoms. The van der Waals surface area contributed by atoms with Gasteiger partial charge in [-0.2, -0.15) is 0 Å². The summed E-state index contributed by atoms with van der Waals surface area (Å²) in [6.07, 6.45) is 1.23. The van der Waals surface area contributed by atoms with Crippen LogP contribution in [0.3, 0.4) is 0 Å². The molecule has 1 saturated heterocycles. The molecule has 0 saturated carbocycles. The van der Waals surface area contributed by atoms with E-state index >= 15 is 0 Å². The van der Waals surface area contributed by atoms with Crippen LogP contribution in [0.5, 0.6) is 0 Å². The van der Waals surface area contributed by atoms with Crippen LogP contribution in [0.15, 0.2) is 60.7 Å². The lowest BCUT2D eigenvalue weighted by Crippen LogP contribution is -2.50. The second-order valence-electron chi connectivity index (χ2n) is 6.27. The van der Waals surface area contributed by atoms with Crippen LogP contribution in [-0.2, 0) is 11.3 Å². The number of benzene rings is 2. The number of nitrogens with one attached hydrogen (secondary N) is 2. The third-order valence-corrected chi connectivity index (χ3v) is 4.38. The molecule has 26 heavy (non-hydrogen) atoms. The van der Waals surface area contributed by atoms with Crippen molar-refractivity contribution in [2.75, 3.05) is 13.1 Å². The van der Waals surface area contributed by atoms with Crippen molar-refractivity contribution in [3.05, 3.63) is 71.8 Å². The van der Waals surface area contributed by atoms with E-state index < -0.39 is 0 Å². The third-order valence-electron chi connectivity index (χ3n) is 4.38. The first-order valence-electron chi connectivity index (χ1n) is 8.79. The van der Waals surface area contributed by atoms with Crippen molar-refractivity contribution < 1.29 is 14.3 Å². The number of ether oxygens (including phenoxy) is 1. The molecule has 0 aliphatic carbocycles. The highest BCUT2D eigenvalue weighted by molar-refractivity contribution is 5.93. The third kappa shape index (κ3) is 5.07. The Morgan fingerprint density at radius 2 is 1.58 bits per heavy atom. The van der Waals surface area contributed by atoms with Crippen molar-refractivity contribution in [1.29, 1.82) is 0 Å². The van der Waals surface area contributed by atoms with Gasteiger partial charge in [0, 0.05) is 24.7 Å². The molecule has 2 aromatic carbocycles. The van der Waals surface area contributed by atoms with Gasteiger partial charge in [0.25, 0.3) is 5.91 Å².